The summed E-state index contributed by atoms with van der Waals surface area (Å²) in [5.41, 5.74) is 1.14. The van der Waals surface area contributed by atoms with Crippen LogP contribution in [0.3, 0.4) is 0 Å². The van der Waals surface area contributed by atoms with Gasteiger partial charge in [-0.05, 0) is 18.6 Å². The number of pyridine rings is 1. The van der Waals surface area contributed by atoms with Crippen LogP contribution < -0.4 is 5.32 Å². The highest BCUT2D eigenvalue weighted by Gasteiger charge is 2.43. The molecule has 150 valence electrons. The van der Waals surface area contributed by atoms with Crippen LogP contribution in [0.15, 0.2) is 24.5 Å². The van der Waals surface area contributed by atoms with Crippen molar-refractivity contribution in [2.75, 3.05) is 32.7 Å². The summed E-state index contributed by atoms with van der Waals surface area (Å²) in [5, 5.41) is 2.64. The van der Waals surface area contributed by atoms with Crippen LogP contribution in [0.5, 0.6) is 0 Å². The highest BCUT2D eigenvalue weighted by atomic mass is 35.5. The normalized spacial score (nSPS) is 23.2. The number of rotatable bonds is 3. The SMILES string of the molecule is CC(c1cccnc1)N1CCN(C(=O)C2CC(F)(F)CN2)CC1.Cl.Cl.Cl. The number of carbonyl (C=O) groups excluding carboxylic acids is 1. The molecule has 3 heterocycles. The molecule has 1 N–H and O–H groups in total. The maximum absolute atomic E-state index is 13.2. The van der Waals surface area contributed by atoms with Crippen molar-refractivity contribution in [2.24, 2.45) is 0 Å². The summed E-state index contributed by atoms with van der Waals surface area (Å²) in [4.78, 5) is 20.5. The predicted molar refractivity (Wildman–Crippen MR) is 104 cm³/mol. The van der Waals surface area contributed by atoms with Gasteiger partial charge in [-0.3, -0.25) is 20.0 Å². The molecule has 10 heteroatoms. The lowest BCUT2D eigenvalue weighted by Gasteiger charge is -2.39. The average molecular weight is 434 g/mol. The van der Waals surface area contributed by atoms with Crippen molar-refractivity contribution in [3.05, 3.63) is 30.1 Å². The van der Waals surface area contributed by atoms with Crippen LogP contribution in [-0.2, 0) is 4.79 Å². The van der Waals surface area contributed by atoms with Gasteiger partial charge in [-0.2, -0.15) is 0 Å². The monoisotopic (exact) mass is 432 g/mol. The van der Waals surface area contributed by atoms with Crippen LogP contribution in [0, 0.1) is 0 Å². The molecule has 0 radical (unpaired) electrons. The Balaban J connectivity index is 0.00000208. The molecule has 2 unspecified atom stereocenters. The van der Waals surface area contributed by atoms with Gasteiger partial charge in [0.05, 0.1) is 12.6 Å². The van der Waals surface area contributed by atoms with Crippen LogP contribution in [0.2, 0.25) is 0 Å². The minimum Gasteiger partial charge on any atom is -0.339 e. The minimum absolute atomic E-state index is 0. The first kappa shape index (κ1) is 25.3. The quantitative estimate of drug-likeness (QED) is 0.796. The van der Waals surface area contributed by atoms with Gasteiger partial charge in [0.1, 0.15) is 0 Å². The molecular weight excluding hydrogens is 409 g/mol. The number of nitrogens with one attached hydrogen (secondary N) is 1. The van der Waals surface area contributed by atoms with E-state index in [9.17, 15) is 13.6 Å². The van der Waals surface area contributed by atoms with Crippen molar-refractivity contribution in [1.82, 2.24) is 20.1 Å². The first-order chi connectivity index (χ1) is 11.0. The number of amides is 1. The number of halogens is 5. The van der Waals surface area contributed by atoms with Crippen LogP contribution in [0.4, 0.5) is 8.78 Å². The number of nitrogens with zero attached hydrogens (tertiary/aromatic N) is 3. The third-order valence-corrected chi connectivity index (χ3v) is 4.75. The molecule has 0 aliphatic carbocycles. The summed E-state index contributed by atoms with van der Waals surface area (Å²) in [6.45, 7) is 4.35. The highest BCUT2D eigenvalue weighted by Crippen LogP contribution is 2.27. The van der Waals surface area contributed by atoms with E-state index in [1.54, 1.807) is 11.1 Å². The van der Waals surface area contributed by atoms with Gasteiger partial charge in [0, 0.05) is 51.0 Å². The van der Waals surface area contributed by atoms with Gasteiger partial charge < -0.3 is 4.90 Å². The van der Waals surface area contributed by atoms with Crippen molar-refractivity contribution in [2.45, 2.75) is 31.4 Å². The number of alkyl halides is 2. The van der Waals surface area contributed by atoms with E-state index in [4.69, 9.17) is 0 Å². The molecule has 0 spiro atoms. The molecular formula is C16H25Cl3F2N4O. The molecule has 2 atom stereocenters. The summed E-state index contributed by atoms with van der Waals surface area (Å²) in [5.74, 6) is -2.97. The second-order valence-electron chi connectivity index (χ2n) is 6.32. The summed E-state index contributed by atoms with van der Waals surface area (Å²) in [6.07, 6.45) is 3.21. The maximum atomic E-state index is 13.2. The molecule has 2 saturated heterocycles. The first-order valence-corrected chi connectivity index (χ1v) is 8.00. The zero-order valence-electron chi connectivity index (χ0n) is 14.4. The third-order valence-electron chi connectivity index (χ3n) is 4.75. The molecule has 1 aromatic rings. The number of piperazine rings is 1. The molecule has 26 heavy (non-hydrogen) atoms. The Bertz CT molecular complexity index is 560. The topological polar surface area (TPSA) is 48.5 Å². The molecule has 2 aliphatic rings. The van der Waals surface area contributed by atoms with Crippen molar-refractivity contribution in [3.8, 4) is 0 Å². The molecule has 2 fully saturated rings. The van der Waals surface area contributed by atoms with Crippen LogP contribution in [-0.4, -0.2) is 65.4 Å². The van der Waals surface area contributed by atoms with E-state index in [0.29, 0.717) is 13.1 Å². The highest BCUT2D eigenvalue weighted by molar-refractivity contribution is 5.86. The summed E-state index contributed by atoms with van der Waals surface area (Å²) < 4.78 is 26.5. The minimum atomic E-state index is -2.77. The molecule has 3 rings (SSSR count). The predicted octanol–water partition coefficient (Wildman–Crippen LogP) is 2.55. The Morgan fingerprint density at radius 2 is 1.92 bits per heavy atom. The van der Waals surface area contributed by atoms with Gasteiger partial charge in [-0.25, -0.2) is 8.78 Å². The van der Waals surface area contributed by atoms with Gasteiger partial charge in [0.25, 0.3) is 5.92 Å². The lowest BCUT2D eigenvalue weighted by molar-refractivity contribution is -0.135. The third kappa shape index (κ3) is 5.89. The van der Waals surface area contributed by atoms with Crippen LogP contribution >= 0.6 is 37.2 Å². The zero-order chi connectivity index (χ0) is 16.4. The molecule has 0 aromatic carbocycles. The maximum Gasteiger partial charge on any atom is 0.262 e. The zero-order valence-corrected chi connectivity index (χ0v) is 16.9. The van der Waals surface area contributed by atoms with E-state index in [-0.39, 0.29) is 49.2 Å². The molecule has 2 aliphatic heterocycles. The Kier molecular flexibility index (Phi) is 10.3. The lowest BCUT2D eigenvalue weighted by Crippen LogP contribution is -2.53. The second kappa shape index (κ2) is 10.6. The van der Waals surface area contributed by atoms with Gasteiger partial charge in [0.2, 0.25) is 5.91 Å². The Hall–Kier alpha value is -0.730. The Labute approximate surface area is 171 Å². The fourth-order valence-corrected chi connectivity index (χ4v) is 3.27. The van der Waals surface area contributed by atoms with Gasteiger partial charge in [-0.15, -0.1) is 37.2 Å². The van der Waals surface area contributed by atoms with Gasteiger partial charge in [-0.1, -0.05) is 6.07 Å². The Morgan fingerprint density at radius 3 is 2.42 bits per heavy atom. The van der Waals surface area contributed by atoms with Crippen molar-refractivity contribution in [1.29, 1.82) is 0 Å². The average Bonchev–Trinajstić information content (AvgIpc) is 2.94. The summed E-state index contributed by atoms with van der Waals surface area (Å²) in [6, 6.07) is 3.44. The van der Waals surface area contributed by atoms with Crippen LogP contribution in [0.25, 0.3) is 0 Å². The summed E-state index contributed by atoms with van der Waals surface area (Å²) in [7, 11) is 0. The summed E-state index contributed by atoms with van der Waals surface area (Å²) >= 11 is 0. The number of aromatic nitrogens is 1. The molecule has 1 aromatic heterocycles. The molecule has 0 saturated carbocycles. The van der Waals surface area contributed by atoms with Crippen LogP contribution in [0.1, 0.15) is 24.9 Å². The molecule has 0 bridgehead atoms. The number of carbonyl (C=O) groups is 1. The standard InChI is InChI=1S/C16H22F2N4O.3ClH/c1-12(13-3-2-4-19-10-13)21-5-7-22(8-6-21)15(23)14-9-16(17,18)11-20-14;;;/h2-4,10,12,14,20H,5-9,11H2,1H3;3*1H. The van der Waals surface area contributed by atoms with Gasteiger partial charge >= 0.3 is 0 Å². The van der Waals surface area contributed by atoms with Crippen molar-refractivity contribution in [3.63, 3.8) is 0 Å². The largest absolute Gasteiger partial charge is 0.339 e. The van der Waals surface area contributed by atoms with Gasteiger partial charge in [0.15, 0.2) is 0 Å². The molecule has 1 amide bonds. The smallest absolute Gasteiger partial charge is 0.262 e. The molecule has 5 nitrogen and oxygen atoms in total. The van der Waals surface area contributed by atoms with E-state index < -0.39 is 24.9 Å². The first-order valence-electron chi connectivity index (χ1n) is 8.00. The van der Waals surface area contributed by atoms with E-state index in [1.807, 2.05) is 18.3 Å². The lowest BCUT2D eigenvalue weighted by atomic mass is 10.1. The fourth-order valence-electron chi connectivity index (χ4n) is 3.27. The van der Waals surface area contributed by atoms with E-state index in [1.165, 1.54) is 0 Å². The van der Waals surface area contributed by atoms with Crippen molar-refractivity contribution < 1.29 is 13.6 Å². The van der Waals surface area contributed by atoms with E-state index in [0.717, 1.165) is 18.7 Å². The second-order valence-corrected chi connectivity index (χ2v) is 6.32. The number of hydrogen-bond acceptors (Lipinski definition) is 4. The number of hydrogen-bond donors (Lipinski definition) is 1. The van der Waals surface area contributed by atoms with E-state index in [2.05, 4.69) is 22.1 Å². The van der Waals surface area contributed by atoms with E-state index >= 15 is 0 Å². The van der Waals surface area contributed by atoms with Crippen molar-refractivity contribution >= 4 is 43.1 Å². The Morgan fingerprint density at radius 1 is 1.27 bits per heavy atom. The fraction of sp³-hybridized carbons (Fsp3) is 0.625.